The summed E-state index contributed by atoms with van der Waals surface area (Å²) in [6, 6.07) is 22.7. The Morgan fingerprint density at radius 3 is 2.56 bits per heavy atom. The molecule has 4 aromatic rings. The van der Waals surface area contributed by atoms with Gasteiger partial charge in [-0.1, -0.05) is 42.5 Å². The molecular formula is C24H20N4O4. The molecule has 1 aromatic heterocycles. The highest BCUT2D eigenvalue weighted by molar-refractivity contribution is 5.99. The number of hydrogen-bond donors (Lipinski definition) is 4. The van der Waals surface area contributed by atoms with E-state index in [1.165, 1.54) is 6.07 Å². The van der Waals surface area contributed by atoms with Crippen molar-refractivity contribution in [2.24, 2.45) is 0 Å². The summed E-state index contributed by atoms with van der Waals surface area (Å²) in [7, 11) is 0. The quantitative estimate of drug-likeness (QED) is 0.267. The van der Waals surface area contributed by atoms with E-state index in [9.17, 15) is 9.59 Å². The van der Waals surface area contributed by atoms with Crippen LogP contribution in [0.25, 0.3) is 10.9 Å². The minimum absolute atomic E-state index is 0.159. The van der Waals surface area contributed by atoms with Crippen molar-refractivity contribution in [2.75, 3.05) is 5.32 Å². The van der Waals surface area contributed by atoms with Gasteiger partial charge in [-0.25, -0.2) is 10.3 Å². The summed E-state index contributed by atoms with van der Waals surface area (Å²) in [6.07, 6.45) is 1.67. The maximum atomic E-state index is 12.4. The fraction of sp³-hybridized carbons (Fsp3) is 0.0417. The minimum Gasteiger partial charge on any atom is -0.457 e. The number of pyridine rings is 1. The molecule has 8 heteroatoms. The van der Waals surface area contributed by atoms with E-state index in [0.29, 0.717) is 22.5 Å². The van der Waals surface area contributed by atoms with Gasteiger partial charge in [0.25, 0.3) is 5.91 Å². The molecule has 0 saturated heterocycles. The van der Waals surface area contributed by atoms with Crippen LogP contribution in [0.1, 0.15) is 15.9 Å². The van der Waals surface area contributed by atoms with Crippen LogP contribution in [0.15, 0.2) is 85.1 Å². The molecule has 160 valence electrons. The SMILES string of the molecule is O=C(NCc1ccc(C(=O)NO)c(Oc2ccccc2)c1)Nc1cccc2cccnc12. The molecule has 0 fully saturated rings. The van der Waals surface area contributed by atoms with E-state index in [1.54, 1.807) is 54.1 Å². The van der Waals surface area contributed by atoms with Crippen LogP contribution in [-0.2, 0) is 6.54 Å². The number of benzene rings is 3. The van der Waals surface area contributed by atoms with Crippen molar-refractivity contribution in [1.29, 1.82) is 0 Å². The zero-order valence-corrected chi connectivity index (χ0v) is 16.9. The number of rotatable bonds is 6. The normalized spacial score (nSPS) is 10.4. The number of carbonyl (C=O) groups excluding carboxylic acids is 2. The molecular weight excluding hydrogens is 408 g/mol. The van der Waals surface area contributed by atoms with Crippen molar-refractivity contribution in [3.8, 4) is 11.5 Å². The lowest BCUT2D eigenvalue weighted by molar-refractivity contribution is 0.0704. The number of urea groups is 1. The number of nitrogens with one attached hydrogen (secondary N) is 3. The number of fused-ring (bicyclic) bond motifs is 1. The largest absolute Gasteiger partial charge is 0.457 e. The van der Waals surface area contributed by atoms with Crippen LogP contribution < -0.4 is 20.9 Å². The van der Waals surface area contributed by atoms with E-state index in [4.69, 9.17) is 9.94 Å². The Hall–Kier alpha value is -4.43. The first-order valence-corrected chi connectivity index (χ1v) is 9.83. The Kier molecular flexibility index (Phi) is 6.24. The second-order valence-corrected chi connectivity index (χ2v) is 6.87. The number of aromatic nitrogens is 1. The fourth-order valence-electron chi connectivity index (χ4n) is 3.18. The highest BCUT2D eigenvalue weighted by atomic mass is 16.5. The first-order chi connectivity index (χ1) is 15.6. The molecule has 0 bridgehead atoms. The average Bonchev–Trinajstić information content (AvgIpc) is 2.83. The van der Waals surface area contributed by atoms with Gasteiger partial charge in [0.15, 0.2) is 0 Å². The first-order valence-electron chi connectivity index (χ1n) is 9.83. The van der Waals surface area contributed by atoms with Crippen molar-refractivity contribution in [2.45, 2.75) is 6.54 Å². The lowest BCUT2D eigenvalue weighted by atomic mass is 10.1. The molecule has 0 saturated carbocycles. The highest BCUT2D eigenvalue weighted by Gasteiger charge is 2.14. The first kappa shape index (κ1) is 20.8. The second-order valence-electron chi connectivity index (χ2n) is 6.87. The molecule has 0 spiro atoms. The smallest absolute Gasteiger partial charge is 0.319 e. The minimum atomic E-state index is -0.698. The molecule has 0 aliphatic carbocycles. The van der Waals surface area contributed by atoms with Crippen molar-refractivity contribution in [3.63, 3.8) is 0 Å². The summed E-state index contributed by atoms with van der Waals surface area (Å²) in [5.74, 6) is 0.0862. The molecule has 8 nitrogen and oxygen atoms in total. The predicted molar refractivity (Wildman–Crippen MR) is 120 cm³/mol. The van der Waals surface area contributed by atoms with Gasteiger partial charge in [-0.3, -0.25) is 15.0 Å². The molecule has 3 aromatic carbocycles. The Labute approximate surface area is 183 Å². The Bertz CT molecular complexity index is 1260. The van der Waals surface area contributed by atoms with Gasteiger partial charge in [-0.05, 0) is 42.0 Å². The van der Waals surface area contributed by atoms with Crippen molar-refractivity contribution in [1.82, 2.24) is 15.8 Å². The number of hydroxylamine groups is 1. The van der Waals surface area contributed by atoms with Crippen LogP contribution in [-0.4, -0.2) is 22.1 Å². The topological polar surface area (TPSA) is 113 Å². The van der Waals surface area contributed by atoms with Crippen LogP contribution in [0.5, 0.6) is 11.5 Å². The average molecular weight is 428 g/mol. The van der Waals surface area contributed by atoms with Crippen LogP contribution in [0.3, 0.4) is 0 Å². The van der Waals surface area contributed by atoms with E-state index in [-0.39, 0.29) is 17.9 Å². The summed E-state index contributed by atoms with van der Waals surface area (Å²) in [5, 5.41) is 15.5. The highest BCUT2D eigenvalue weighted by Crippen LogP contribution is 2.27. The van der Waals surface area contributed by atoms with Crippen molar-refractivity contribution in [3.05, 3.63) is 96.2 Å². The Morgan fingerprint density at radius 1 is 0.938 bits per heavy atom. The van der Waals surface area contributed by atoms with Crippen LogP contribution in [0, 0.1) is 0 Å². The second kappa shape index (κ2) is 9.59. The molecule has 0 aliphatic rings. The number of nitrogens with zero attached hydrogens (tertiary/aromatic N) is 1. The number of para-hydroxylation sites is 2. The number of amides is 3. The van der Waals surface area contributed by atoms with Gasteiger partial charge >= 0.3 is 6.03 Å². The lowest BCUT2D eigenvalue weighted by Crippen LogP contribution is -2.28. The van der Waals surface area contributed by atoms with Gasteiger partial charge in [-0.15, -0.1) is 0 Å². The summed E-state index contributed by atoms with van der Waals surface area (Å²) in [5.41, 5.74) is 3.78. The lowest BCUT2D eigenvalue weighted by Gasteiger charge is -2.13. The third-order valence-electron chi connectivity index (χ3n) is 4.70. The Morgan fingerprint density at radius 2 is 1.75 bits per heavy atom. The van der Waals surface area contributed by atoms with E-state index in [0.717, 1.165) is 5.39 Å². The standard InChI is InChI=1S/C24H20N4O4/c29-23(28-31)19-12-11-16(14-21(19)32-18-8-2-1-3-9-18)15-26-24(30)27-20-10-4-6-17-7-5-13-25-22(17)20/h1-14,31H,15H2,(H,28,29)(H2,26,27,30). The van der Waals surface area contributed by atoms with Crippen LogP contribution in [0.2, 0.25) is 0 Å². The van der Waals surface area contributed by atoms with Crippen molar-refractivity contribution < 1.29 is 19.5 Å². The van der Waals surface area contributed by atoms with Gasteiger partial charge in [0.2, 0.25) is 0 Å². The Balaban J connectivity index is 1.48. The number of anilines is 1. The van der Waals surface area contributed by atoms with Gasteiger partial charge in [0, 0.05) is 18.1 Å². The van der Waals surface area contributed by atoms with Gasteiger partial charge < -0.3 is 15.4 Å². The molecule has 32 heavy (non-hydrogen) atoms. The van der Waals surface area contributed by atoms with Gasteiger partial charge in [0.05, 0.1) is 16.8 Å². The van der Waals surface area contributed by atoms with Crippen LogP contribution >= 0.6 is 0 Å². The maximum Gasteiger partial charge on any atom is 0.319 e. The van der Waals surface area contributed by atoms with E-state index in [1.807, 2.05) is 30.3 Å². The monoisotopic (exact) mass is 428 g/mol. The molecule has 4 rings (SSSR count). The van der Waals surface area contributed by atoms with Crippen LogP contribution in [0.4, 0.5) is 10.5 Å². The molecule has 3 amide bonds. The molecule has 0 atom stereocenters. The number of carbonyl (C=O) groups is 2. The summed E-state index contributed by atoms with van der Waals surface area (Å²) in [6.45, 7) is 0.191. The molecule has 1 heterocycles. The van der Waals surface area contributed by atoms with E-state index >= 15 is 0 Å². The zero-order valence-electron chi connectivity index (χ0n) is 16.9. The maximum absolute atomic E-state index is 12.4. The molecule has 0 radical (unpaired) electrons. The predicted octanol–water partition coefficient (Wildman–Crippen LogP) is 4.47. The van der Waals surface area contributed by atoms with Gasteiger partial charge in [-0.2, -0.15) is 0 Å². The van der Waals surface area contributed by atoms with E-state index in [2.05, 4.69) is 15.6 Å². The van der Waals surface area contributed by atoms with Gasteiger partial charge in [0.1, 0.15) is 11.5 Å². The van der Waals surface area contributed by atoms with E-state index < -0.39 is 11.9 Å². The van der Waals surface area contributed by atoms with Crippen molar-refractivity contribution >= 4 is 28.5 Å². The number of hydrogen-bond acceptors (Lipinski definition) is 5. The third-order valence-corrected chi connectivity index (χ3v) is 4.70. The summed E-state index contributed by atoms with van der Waals surface area (Å²) < 4.78 is 5.82. The molecule has 0 aliphatic heterocycles. The summed E-state index contributed by atoms with van der Waals surface area (Å²) >= 11 is 0. The molecule has 4 N–H and O–H groups in total. The fourth-order valence-corrected chi connectivity index (χ4v) is 3.18. The summed E-state index contributed by atoms with van der Waals surface area (Å²) in [4.78, 5) is 28.8. The number of ether oxygens (including phenoxy) is 1. The third kappa shape index (κ3) is 4.82. The zero-order chi connectivity index (χ0) is 22.3. The molecule has 0 unspecified atom stereocenters.